The normalized spacial score (nSPS) is 11.8. The van der Waals surface area contributed by atoms with Crippen molar-refractivity contribution in [1.82, 2.24) is 5.32 Å². The standard InChI is InChI=1S/C13H14F3NO/c1-9-11(6-4-8-17-10(2)18)5-3-7-12(9)13(14,15)16/h3-7H,8H2,1-2H3,(H,17,18). The van der Waals surface area contributed by atoms with Gasteiger partial charge in [0.1, 0.15) is 0 Å². The maximum absolute atomic E-state index is 12.6. The van der Waals surface area contributed by atoms with Crippen LogP contribution in [0.15, 0.2) is 24.3 Å². The summed E-state index contributed by atoms with van der Waals surface area (Å²) in [6, 6.07) is 4.03. The smallest absolute Gasteiger partial charge is 0.353 e. The van der Waals surface area contributed by atoms with Crippen molar-refractivity contribution in [3.05, 3.63) is 41.0 Å². The summed E-state index contributed by atoms with van der Waals surface area (Å²) in [7, 11) is 0. The Morgan fingerprint density at radius 2 is 2.06 bits per heavy atom. The lowest BCUT2D eigenvalue weighted by molar-refractivity contribution is -0.138. The molecule has 0 saturated carbocycles. The topological polar surface area (TPSA) is 29.1 Å². The highest BCUT2D eigenvalue weighted by Gasteiger charge is 2.32. The van der Waals surface area contributed by atoms with Crippen molar-refractivity contribution in [3.8, 4) is 0 Å². The molecule has 0 aliphatic rings. The van der Waals surface area contributed by atoms with E-state index >= 15 is 0 Å². The number of hydrogen-bond donors (Lipinski definition) is 1. The Labute approximate surface area is 104 Å². The minimum Gasteiger partial charge on any atom is -0.353 e. The fourth-order valence-electron chi connectivity index (χ4n) is 1.53. The van der Waals surface area contributed by atoms with E-state index in [9.17, 15) is 18.0 Å². The van der Waals surface area contributed by atoms with Crippen LogP contribution in [0.5, 0.6) is 0 Å². The molecular weight excluding hydrogens is 243 g/mol. The Hall–Kier alpha value is -1.78. The number of carbonyl (C=O) groups excluding carboxylic acids is 1. The van der Waals surface area contributed by atoms with E-state index in [4.69, 9.17) is 0 Å². The Bertz CT molecular complexity index is 464. The first-order valence-electron chi connectivity index (χ1n) is 5.40. The molecule has 0 heterocycles. The lowest BCUT2D eigenvalue weighted by atomic mass is 10.0. The molecule has 1 N–H and O–H groups in total. The zero-order valence-electron chi connectivity index (χ0n) is 10.1. The van der Waals surface area contributed by atoms with Crippen LogP contribution < -0.4 is 5.32 Å². The maximum atomic E-state index is 12.6. The van der Waals surface area contributed by atoms with Crippen molar-refractivity contribution < 1.29 is 18.0 Å². The molecule has 0 fully saturated rings. The van der Waals surface area contributed by atoms with Crippen LogP contribution in [0.2, 0.25) is 0 Å². The van der Waals surface area contributed by atoms with E-state index in [-0.39, 0.29) is 11.5 Å². The lowest BCUT2D eigenvalue weighted by Crippen LogP contribution is -2.19. The van der Waals surface area contributed by atoms with E-state index in [1.165, 1.54) is 19.9 Å². The van der Waals surface area contributed by atoms with Gasteiger partial charge in [0.05, 0.1) is 5.56 Å². The first kappa shape index (κ1) is 14.3. The first-order valence-corrected chi connectivity index (χ1v) is 5.40. The number of halogens is 3. The van der Waals surface area contributed by atoms with Crippen molar-refractivity contribution in [2.75, 3.05) is 6.54 Å². The number of carbonyl (C=O) groups is 1. The van der Waals surface area contributed by atoms with Crippen LogP contribution in [0.3, 0.4) is 0 Å². The first-order chi connectivity index (χ1) is 8.32. The van der Waals surface area contributed by atoms with E-state index in [2.05, 4.69) is 5.32 Å². The van der Waals surface area contributed by atoms with Gasteiger partial charge in [-0.2, -0.15) is 13.2 Å². The molecule has 0 spiro atoms. The van der Waals surface area contributed by atoms with Gasteiger partial charge in [0.15, 0.2) is 0 Å². The molecule has 18 heavy (non-hydrogen) atoms. The molecule has 0 atom stereocenters. The summed E-state index contributed by atoms with van der Waals surface area (Å²) in [5.41, 5.74) is 0.0448. The fourth-order valence-corrected chi connectivity index (χ4v) is 1.53. The minimum absolute atomic E-state index is 0.180. The molecule has 0 bridgehead atoms. The summed E-state index contributed by atoms with van der Waals surface area (Å²) >= 11 is 0. The molecule has 1 amide bonds. The molecule has 0 saturated heterocycles. The van der Waals surface area contributed by atoms with Crippen LogP contribution in [0.4, 0.5) is 13.2 Å². The summed E-state index contributed by atoms with van der Waals surface area (Å²) in [6.45, 7) is 3.11. The summed E-state index contributed by atoms with van der Waals surface area (Å²) < 4.78 is 37.9. The number of alkyl halides is 3. The predicted molar refractivity (Wildman–Crippen MR) is 63.9 cm³/mol. The van der Waals surface area contributed by atoms with Gasteiger partial charge in [-0.15, -0.1) is 0 Å². The zero-order valence-corrected chi connectivity index (χ0v) is 10.1. The van der Waals surface area contributed by atoms with Crippen LogP contribution in [0.1, 0.15) is 23.6 Å². The van der Waals surface area contributed by atoms with Gasteiger partial charge in [-0.3, -0.25) is 4.79 Å². The second-order valence-electron chi connectivity index (χ2n) is 3.86. The van der Waals surface area contributed by atoms with Crippen LogP contribution >= 0.6 is 0 Å². The van der Waals surface area contributed by atoms with Crippen molar-refractivity contribution in [3.63, 3.8) is 0 Å². The predicted octanol–water partition coefficient (Wildman–Crippen LogP) is 3.16. The Morgan fingerprint density at radius 3 is 2.61 bits per heavy atom. The maximum Gasteiger partial charge on any atom is 0.416 e. The summed E-state index contributed by atoms with van der Waals surface area (Å²) in [6.07, 6.45) is -1.16. The molecule has 98 valence electrons. The molecular formula is C13H14F3NO. The Kier molecular flexibility index (Phi) is 4.53. The monoisotopic (exact) mass is 257 g/mol. The second-order valence-corrected chi connectivity index (χ2v) is 3.86. The highest BCUT2D eigenvalue weighted by atomic mass is 19.4. The third-order valence-electron chi connectivity index (χ3n) is 2.45. The molecule has 1 aromatic carbocycles. The molecule has 0 radical (unpaired) electrons. The van der Waals surface area contributed by atoms with E-state index in [0.29, 0.717) is 12.1 Å². The average molecular weight is 257 g/mol. The minimum atomic E-state index is -4.34. The van der Waals surface area contributed by atoms with E-state index < -0.39 is 11.7 Å². The lowest BCUT2D eigenvalue weighted by Gasteiger charge is -2.11. The second kappa shape index (κ2) is 5.71. The summed E-state index contributed by atoms with van der Waals surface area (Å²) in [5.74, 6) is -0.180. The van der Waals surface area contributed by atoms with E-state index in [0.717, 1.165) is 6.07 Å². The fraction of sp³-hybridized carbons (Fsp3) is 0.308. The van der Waals surface area contributed by atoms with Crippen LogP contribution in [-0.2, 0) is 11.0 Å². The molecule has 2 nitrogen and oxygen atoms in total. The van der Waals surface area contributed by atoms with E-state index in [1.807, 2.05) is 0 Å². The van der Waals surface area contributed by atoms with Crippen LogP contribution in [0.25, 0.3) is 6.08 Å². The number of benzene rings is 1. The number of hydrogen-bond acceptors (Lipinski definition) is 1. The molecule has 1 rings (SSSR count). The van der Waals surface area contributed by atoms with Gasteiger partial charge in [0.25, 0.3) is 0 Å². The van der Waals surface area contributed by atoms with Gasteiger partial charge in [-0.05, 0) is 24.1 Å². The number of nitrogens with one attached hydrogen (secondary N) is 1. The van der Waals surface area contributed by atoms with Crippen molar-refractivity contribution in [1.29, 1.82) is 0 Å². The van der Waals surface area contributed by atoms with Crippen LogP contribution in [-0.4, -0.2) is 12.5 Å². The number of rotatable bonds is 3. The van der Waals surface area contributed by atoms with Crippen molar-refractivity contribution in [2.45, 2.75) is 20.0 Å². The van der Waals surface area contributed by atoms with Gasteiger partial charge in [0.2, 0.25) is 5.91 Å². The molecule has 1 aromatic rings. The van der Waals surface area contributed by atoms with Crippen LogP contribution in [0, 0.1) is 6.92 Å². The molecule has 5 heteroatoms. The number of amides is 1. The van der Waals surface area contributed by atoms with Crippen molar-refractivity contribution >= 4 is 12.0 Å². The van der Waals surface area contributed by atoms with Crippen molar-refractivity contribution in [2.24, 2.45) is 0 Å². The zero-order chi connectivity index (χ0) is 13.8. The highest BCUT2D eigenvalue weighted by Crippen LogP contribution is 2.33. The van der Waals surface area contributed by atoms with Gasteiger partial charge in [-0.1, -0.05) is 24.3 Å². The molecule has 0 aliphatic heterocycles. The van der Waals surface area contributed by atoms with Gasteiger partial charge < -0.3 is 5.32 Å². The average Bonchev–Trinajstić information content (AvgIpc) is 2.24. The summed E-state index contributed by atoms with van der Waals surface area (Å²) in [5, 5.41) is 2.53. The van der Waals surface area contributed by atoms with E-state index in [1.54, 1.807) is 18.2 Å². The third kappa shape index (κ3) is 3.91. The SMILES string of the molecule is CC(=O)NCC=Cc1cccc(C(F)(F)F)c1C. The third-order valence-corrected chi connectivity index (χ3v) is 2.45. The molecule has 0 unspecified atom stereocenters. The molecule has 0 aliphatic carbocycles. The van der Waals surface area contributed by atoms with Gasteiger partial charge >= 0.3 is 6.18 Å². The largest absolute Gasteiger partial charge is 0.416 e. The summed E-state index contributed by atoms with van der Waals surface area (Å²) in [4.78, 5) is 10.6. The molecule has 0 aromatic heterocycles. The Balaban J connectivity index is 2.88. The van der Waals surface area contributed by atoms with Gasteiger partial charge in [-0.25, -0.2) is 0 Å². The van der Waals surface area contributed by atoms with Gasteiger partial charge in [0, 0.05) is 13.5 Å². The Morgan fingerprint density at radius 1 is 1.39 bits per heavy atom. The quantitative estimate of drug-likeness (QED) is 0.885. The highest BCUT2D eigenvalue weighted by molar-refractivity contribution is 5.73.